The van der Waals surface area contributed by atoms with E-state index in [0.29, 0.717) is 11.6 Å². The lowest BCUT2D eigenvalue weighted by atomic mass is 10.0. The molecule has 2 aliphatic rings. The van der Waals surface area contributed by atoms with Crippen LogP contribution in [-0.4, -0.2) is 33.7 Å². The molecule has 0 fully saturated rings. The highest BCUT2D eigenvalue weighted by Gasteiger charge is 2.55. The highest BCUT2D eigenvalue weighted by Crippen LogP contribution is 2.40. The van der Waals surface area contributed by atoms with Crippen molar-refractivity contribution in [3.05, 3.63) is 64.7 Å². The first-order chi connectivity index (χ1) is 13.1. The lowest BCUT2D eigenvalue weighted by molar-refractivity contribution is -0.532. The summed E-state index contributed by atoms with van der Waals surface area (Å²) in [6.07, 6.45) is 4.66. The quantitative estimate of drug-likeness (QED) is 0.661. The van der Waals surface area contributed by atoms with Gasteiger partial charge >= 0.3 is 5.17 Å². The maximum Gasteiger partial charge on any atom is 0.316 e. The van der Waals surface area contributed by atoms with Crippen molar-refractivity contribution in [1.82, 2.24) is 0 Å². The second-order valence-electron chi connectivity index (χ2n) is 7.34. The summed E-state index contributed by atoms with van der Waals surface area (Å²) in [5.41, 5.74) is 2.19. The molecule has 1 atom stereocenters. The summed E-state index contributed by atoms with van der Waals surface area (Å²) in [7, 11) is 0. The van der Waals surface area contributed by atoms with Gasteiger partial charge in [-0.05, 0) is 60.9 Å². The standard InChI is InChI=1S/C22H26ClN2OS.BrH/c1-2-3-5-17-6-12-20(13-7-17)25-21-24(14-4-15-27-21)16-22(25,26)18-8-10-19(23)11-9-18;/h6-13,26H,2-5,14-16H2,1H3;1H/q+1;/p-1. The Hall–Kier alpha value is -1.01. The van der Waals surface area contributed by atoms with Crippen molar-refractivity contribution in [1.29, 1.82) is 0 Å². The first-order valence-electron chi connectivity index (χ1n) is 9.74. The fourth-order valence-electron chi connectivity index (χ4n) is 3.91. The second kappa shape index (κ2) is 9.21. The molecule has 0 saturated carbocycles. The van der Waals surface area contributed by atoms with Crippen molar-refractivity contribution in [2.24, 2.45) is 0 Å². The number of hydrogen-bond donors (Lipinski definition) is 1. The molecule has 0 radical (unpaired) electrons. The minimum Gasteiger partial charge on any atom is -1.00 e. The monoisotopic (exact) mass is 480 g/mol. The number of rotatable bonds is 5. The number of unbranched alkanes of at least 4 members (excludes halogenated alkanes) is 1. The SMILES string of the molecule is CCCCc1ccc(N2C3=[N+](CCCS3)CC2(O)c2ccc(Cl)cc2)cc1.[Br-]. The van der Waals surface area contributed by atoms with Crippen LogP contribution in [0.3, 0.4) is 0 Å². The van der Waals surface area contributed by atoms with Crippen molar-refractivity contribution in [3.63, 3.8) is 0 Å². The predicted molar refractivity (Wildman–Crippen MR) is 115 cm³/mol. The van der Waals surface area contributed by atoms with Crippen LogP contribution in [0.5, 0.6) is 0 Å². The molecule has 4 rings (SSSR count). The van der Waals surface area contributed by atoms with E-state index in [1.54, 1.807) is 0 Å². The molecule has 6 heteroatoms. The van der Waals surface area contributed by atoms with Gasteiger partial charge in [0.2, 0.25) is 0 Å². The second-order valence-corrected chi connectivity index (χ2v) is 8.83. The van der Waals surface area contributed by atoms with Gasteiger partial charge in [0.25, 0.3) is 5.72 Å². The Morgan fingerprint density at radius 2 is 1.86 bits per heavy atom. The van der Waals surface area contributed by atoms with Gasteiger partial charge in [0, 0.05) is 16.3 Å². The van der Waals surface area contributed by atoms with Gasteiger partial charge in [-0.3, -0.25) is 0 Å². The van der Waals surface area contributed by atoms with Crippen LogP contribution in [0.4, 0.5) is 5.69 Å². The van der Waals surface area contributed by atoms with Crippen molar-refractivity contribution >= 4 is 34.2 Å². The third kappa shape index (κ3) is 4.13. The molecular formula is C22H26BrClN2OS. The molecule has 150 valence electrons. The zero-order valence-electron chi connectivity index (χ0n) is 16.1. The summed E-state index contributed by atoms with van der Waals surface area (Å²) in [4.78, 5) is 2.11. The molecular weight excluding hydrogens is 456 g/mol. The molecule has 1 N–H and O–H groups in total. The van der Waals surface area contributed by atoms with Gasteiger partial charge < -0.3 is 22.1 Å². The van der Waals surface area contributed by atoms with Crippen molar-refractivity contribution in [2.45, 2.75) is 38.3 Å². The maximum absolute atomic E-state index is 11.8. The van der Waals surface area contributed by atoms with Crippen LogP contribution < -0.4 is 21.9 Å². The topological polar surface area (TPSA) is 26.5 Å². The molecule has 2 aromatic carbocycles. The number of anilines is 1. The molecule has 0 bridgehead atoms. The molecule has 2 aliphatic heterocycles. The molecule has 0 aromatic heterocycles. The van der Waals surface area contributed by atoms with Gasteiger partial charge in [0.05, 0.1) is 6.54 Å². The van der Waals surface area contributed by atoms with E-state index < -0.39 is 5.72 Å². The van der Waals surface area contributed by atoms with Crippen LogP contribution in [0.2, 0.25) is 5.02 Å². The van der Waals surface area contributed by atoms with E-state index in [1.807, 2.05) is 36.0 Å². The number of aryl methyl sites for hydroxylation is 1. The Labute approximate surface area is 187 Å². The molecule has 0 saturated heterocycles. The van der Waals surface area contributed by atoms with E-state index >= 15 is 0 Å². The molecule has 2 heterocycles. The lowest BCUT2D eigenvalue weighted by Gasteiger charge is -2.28. The minimum absolute atomic E-state index is 0. The number of benzene rings is 2. The lowest BCUT2D eigenvalue weighted by Crippen LogP contribution is -3.00. The van der Waals surface area contributed by atoms with Gasteiger partial charge in [-0.1, -0.05) is 49.2 Å². The fourth-order valence-corrected chi connectivity index (χ4v) is 5.21. The summed E-state index contributed by atoms with van der Waals surface area (Å²) in [6, 6.07) is 16.3. The van der Waals surface area contributed by atoms with Crippen LogP contribution in [0, 0.1) is 0 Å². The Balaban J connectivity index is 0.00000225. The molecule has 0 aliphatic carbocycles. The number of thioether (sulfide) groups is 1. The number of hydrogen-bond acceptors (Lipinski definition) is 3. The Bertz CT molecular complexity index is 841. The first-order valence-corrected chi connectivity index (χ1v) is 11.1. The molecule has 1 unspecified atom stereocenters. The number of aliphatic hydroxyl groups is 1. The number of halogens is 2. The van der Waals surface area contributed by atoms with Crippen molar-refractivity contribution in [2.75, 3.05) is 23.7 Å². The van der Waals surface area contributed by atoms with Crippen LogP contribution in [-0.2, 0) is 12.1 Å². The summed E-state index contributed by atoms with van der Waals surface area (Å²) < 4.78 is 2.31. The summed E-state index contributed by atoms with van der Waals surface area (Å²) in [6.45, 7) is 3.79. The molecule has 0 amide bonds. The normalized spacial score (nSPS) is 21.5. The fraction of sp³-hybridized carbons (Fsp3) is 0.409. The van der Waals surface area contributed by atoms with Crippen LogP contribution >= 0.6 is 23.4 Å². The zero-order chi connectivity index (χ0) is 18.9. The van der Waals surface area contributed by atoms with E-state index in [-0.39, 0.29) is 17.0 Å². The molecule has 3 nitrogen and oxygen atoms in total. The Morgan fingerprint density at radius 3 is 2.54 bits per heavy atom. The largest absolute Gasteiger partial charge is 1.00 e. The number of amidine groups is 1. The van der Waals surface area contributed by atoms with Crippen LogP contribution in [0.1, 0.15) is 37.3 Å². The van der Waals surface area contributed by atoms with E-state index in [2.05, 4.69) is 40.7 Å². The van der Waals surface area contributed by atoms with Gasteiger partial charge in [-0.25, -0.2) is 4.58 Å². The van der Waals surface area contributed by atoms with Gasteiger partial charge in [-0.2, -0.15) is 4.90 Å². The average molecular weight is 482 g/mol. The third-order valence-electron chi connectivity index (χ3n) is 5.37. The zero-order valence-corrected chi connectivity index (χ0v) is 19.2. The van der Waals surface area contributed by atoms with E-state index in [1.165, 1.54) is 18.4 Å². The third-order valence-corrected chi connectivity index (χ3v) is 6.81. The average Bonchev–Trinajstić information content (AvgIpc) is 3.00. The highest BCUT2D eigenvalue weighted by molar-refractivity contribution is 8.14. The molecule has 2 aromatic rings. The van der Waals surface area contributed by atoms with Crippen LogP contribution in [0.15, 0.2) is 48.5 Å². The first kappa shape index (κ1) is 21.7. The van der Waals surface area contributed by atoms with E-state index in [9.17, 15) is 5.11 Å². The summed E-state index contributed by atoms with van der Waals surface area (Å²) in [5, 5.41) is 13.7. The maximum atomic E-state index is 11.8. The van der Waals surface area contributed by atoms with E-state index in [0.717, 1.165) is 41.6 Å². The highest BCUT2D eigenvalue weighted by atomic mass is 79.9. The summed E-state index contributed by atoms with van der Waals surface area (Å²) in [5.74, 6) is 1.09. The van der Waals surface area contributed by atoms with Gasteiger partial charge in [-0.15, -0.1) is 0 Å². The molecule has 28 heavy (non-hydrogen) atoms. The minimum atomic E-state index is -1.08. The van der Waals surface area contributed by atoms with E-state index in [4.69, 9.17) is 11.6 Å². The van der Waals surface area contributed by atoms with Gasteiger partial charge in [0.15, 0.2) is 6.54 Å². The molecule has 0 spiro atoms. The van der Waals surface area contributed by atoms with Crippen molar-refractivity contribution < 1.29 is 26.7 Å². The Kier molecular flexibility index (Phi) is 7.13. The summed E-state index contributed by atoms with van der Waals surface area (Å²) >= 11 is 7.92. The predicted octanol–water partition coefficient (Wildman–Crippen LogP) is 1.86. The number of nitrogens with zero attached hydrogens (tertiary/aromatic N) is 2. The van der Waals surface area contributed by atoms with Crippen molar-refractivity contribution in [3.8, 4) is 0 Å². The Morgan fingerprint density at radius 1 is 1.14 bits per heavy atom. The van der Waals surface area contributed by atoms with Crippen LogP contribution in [0.25, 0.3) is 0 Å². The van der Waals surface area contributed by atoms with Gasteiger partial charge in [0.1, 0.15) is 5.69 Å². The smallest absolute Gasteiger partial charge is 0.316 e.